The molecule has 35 heavy (non-hydrogen) atoms. The summed E-state index contributed by atoms with van der Waals surface area (Å²) < 4.78 is 41.1. The molecule has 0 radical (unpaired) electrons. The van der Waals surface area contributed by atoms with Gasteiger partial charge in [-0.15, -0.1) is 0 Å². The molecule has 0 aliphatic heterocycles. The smallest absolute Gasteiger partial charge is 0.308 e. The van der Waals surface area contributed by atoms with Crippen LogP contribution in [0, 0.1) is 0 Å². The summed E-state index contributed by atoms with van der Waals surface area (Å²) in [5.74, 6) is 0. The number of nitrogens with zero attached hydrogens (tertiary/aromatic N) is 3. The van der Waals surface area contributed by atoms with Gasteiger partial charge in [-0.2, -0.15) is 23.4 Å². The second-order valence-corrected chi connectivity index (χ2v) is 7.94. The molecule has 0 aliphatic carbocycles. The van der Waals surface area contributed by atoms with Crippen LogP contribution in [0.15, 0.2) is 79.1 Å². The molecule has 0 spiro atoms. The number of benzene rings is 3. The lowest BCUT2D eigenvalue weighted by atomic mass is 10.0. The first kappa shape index (κ1) is 22.2. The zero-order chi connectivity index (χ0) is 24.6. The highest BCUT2D eigenvalue weighted by atomic mass is 19.4. The number of nitrogens with one attached hydrogen (secondary N) is 3. The first-order chi connectivity index (χ1) is 16.8. The van der Waals surface area contributed by atoms with Crippen LogP contribution < -0.4 is 10.6 Å². The number of halogens is 3. The summed E-state index contributed by atoms with van der Waals surface area (Å²) in [6, 6.07) is 17.0. The highest BCUT2D eigenvalue weighted by Gasteiger charge is 2.33. The highest BCUT2D eigenvalue weighted by Crippen LogP contribution is 2.35. The Labute approximate surface area is 197 Å². The quantitative estimate of drug-likeness (QED) is 0.285. The molecule has 5 aromatic rings. The fourth-order valence-electron chi connectivity index (χ4n) is 3.83. The maximum atomic E-state index is 13.1. The van der Waals surface area contributed by atoms with Gasteiger partial charge in [-0.1, -0.05) is 30.3 Å². The lowest BCUT2D eigenvalue weighted by Gasteiger charge is -2.14. The lowest BCUT2D eigenvalue weighted by molar-refractivity contribution is -0.136. The van der Waals surface area contributed by atoms with Gasteiger partial charge in [0.1, 0.15) is 5.69 Å². The van der Waals surface area contributed by atoms with Crippen LogP contribution in [0.5, 0.6) is 0 Å². The molecule has 0 bridgehead atoms. The molecule has 10 heteroatoms. The molecule has 3 N–H and O–H groups in total. The Kier molecular flexibility index (Phi) is 5.48. The minimum absolute atomic E-state index is 0.312. The van der Waals surface area contributed by atoms with Crippen LogP contribution in [0.1, 0.15) is 5.56 Å². The van der Waals surface area contributed by atoms with E-state index in [0.29, 0.717) is 5.69 Å². The molecule has 0 atom stereocenters. The van der Waals surface area contributed by atoms with E-state index in [9.17, 15) is 18.0 Å². The number of rotatable bonds is 4. The molecular weight excluding hydrogens is 457 g/mol. The average molecular weight is 476 g/mol. The third-order valence-corrected chi connectivity index (χ3v) is 5.50. The lowest BCUT2D eigenvalue weighted by Crippen LogP contribution is -2.21. The Morgan fingerprint density at radius 3 is 2.40 bits per heavy atom. The summed E-state index contributed by atoms with van der Waals surface area (Å²) in [4.78, 5) is 12.3. The Bertz CT molecular complexity index is 1520. The van der Waals surface area contributed by atoms with E-state index in [1.54, 1.807) is 23.0 Å². The monoisotopic (exact) mass is 476 g/mol. The van der Waals surface area contributed by atoms with Crippen LogP contribution in [0.2, 0.25) is 0 Å². The molecule has 176 valence electrons. The number of para-hydroxylation sites is 1. The summed E-state index contributed by atoms with van der Waals surface area (Å²) in [7, 11) is 1.85. The number of fused-ring (bicyclic) bond motifs is 1. The minimum atomic E-state index is -4.57. The van der Waals surface area contributed by atoms with E-state index in [1.807, 2.05) is 43.6 Å². The van der Waals surface area contributed by atoms with E-state index < -0.39 is 17.8 Å². The summed E-state index contributed by atoms with van der Waals surface area (Å²) >= 11 is 0. The number of hydrogen-bond donors (Lipinski definition) is 3. The zero-order valence-electron chi connectivity index (χ0n) is 18.4. The van der Waals surface area contributed by atoms with Gasteiger partial charge in [-0.25, -0.2) is 4.79 Å². The molecule has 0 saturated carbocycles. The summed E-state index contributed by atoms with van der Waals surface area (Å²) in [5.41, 5.74) is 3.66. The third-order valence-electron chi connectivity index (χ3n) is 5.50. The van der Waals surface area contributed by atoms with Crippen molar-refractivity contribution in [2.24, 2.45) is 7.05 Å². The van der Waals surface area contributed by atoms with Crippen LogP contribution in [0.25, 0.3) is 33.3 Å². The number of carbonyl (C=O) groups is 1. The highest BCUT2D eigenvalue weighted by molar-refractivity contribution is 6.00. The van der Waals surface area contributed by atoms with Crippen LogP contribution in [0.4, 0.5) is 29.3 Å². The normalized spacial score (nSPS) is 11.5. The number of H-pyrrole nitrogens is 1. The van der Waals surface area contributed by atoms with Gasteiger partial charge < -0.3 is 10.6 Å². The molecule has 2 heterocycles. The Morgan fingerprint density at radius 2 is 1.69 bits per heavy atom. The Morgan fingerprint density at radius 1 is 0.943 bits per heavy atom. The summed E-state index contributed by atoms with van der Waals surface area (Å²) in [5, 5.41) is 17.4. The van der Waals surface area contributed by atoms with E-state index in [4.69, 9.17) is 0 Å². The van der Waals surface area contributed by atoms with Crippen LogP contribution in [-0.4, -0.2) is 26.0 Å². The number of aromatic nitrogens is 4. The van der Waals surface area contributed by atoms with Crippen molar-refractivity contribution < 1.29 is 18.0 Å². The Balaban J connectivity index is 1.31. The predicted molar refractivity (Wildman–Crippen MR) is 128 cm³/mol. The van der Waals surface area contributed by atoms with Crippen molar-refractivity contribution in [3.05, 3.63) is 84.7 Å². The fraction of sp³-hybridized carbons (Fsp3) is 0.0800. The van der Waals surface area contributed by atoms with E-state index >= 15 is 0 Å². The standard InChI is InChI=1S/C25H19F3N6O/c1-34-14-17(13-29-34)23-19-11-8-16(12-22(19)32-33-23)15-6-9-18(10-7-15)30-24(35)31-21-5-3-2-4-20(21)25(26,27)28/h2-14H,1H3,(H,32,33)(H2,30,31,35). The second kappa shape index (κ2) is 8.64. The molecule has 7 nitrogen and oxygen atoms in total. The molecule has 2 amide bonds. The number of hydrogen-bond acceptors (Lipinski definition) is 3. The van der Waals surface area contributed by atoms with Gasteiger partial charge in [-0.05, 0) is 47.5 Å². The van der Waals surface area contributed by atoms with Crippen LogP contribution >= 0.6 is 0 Å². The van der Waals surface area contributed by atoms with Gasteiger partial charge >= 0.3 is 12.2 Å². The van der Waals surface area contributed by atoms with Crippen molar-refractivity contribution in [2.45, 2.75) is 6.18 Å². The van der Waals surface area contributed by atoms with Gasteiger partial charge in [0.15, 0.2) is 0 Å². The topological polar surface area (TPSA) is 87.6 Å². The van der Waals surface area contributed by atoms with E-state index in [0.717, 1.165) is 39.4 Å². The number of amides is 2. The maximum absolute atomic E-state index is 13.1. The van der Waals surface area contributed by atoms with Crippen molar-refractivity contribution in [3.8, 4) is 22.4 Å². The van der Waals surface area contributed by atoms with Gasteiger partial charge in [0.05, 0.1) is 23.0 Å². The molecule has 3 aromatic carbocycles. The molecule has 0 saturated heterocycles. The second-order valence-electron chi connectivity index (χ2n) is 7.94. The van der Waals surface area contributed by atoms with Gasteiger partial charge in [0, 0.05) is 29.9 Å². The van der Waals surface area contributed by atoms with Crippen molar-refractivity contribution in [3.63, 3.8) is 0 Å². The number of alkyl halides is 3. The van der Waals surface area contributed by atoms with E-state index in [1.165, 1.54) is 18.2 Å². The molecule has 0 aliphatic rings. The van der Waals surface area contributed by atoms with Gasteiger partial charge in [-0.3, -0.25) is 9.78 Å². The number of aromatic amines is 1. The molecule has 2 aromatic heterocycles. The van der Waals surface area contributed by atoms with Gasteiger partial charge in [0.2, 0.25) is 0 Å². The average Bonchev–Trinajstić information content (AvgIpc) is 3.44. The first-order valence-corrected chi connectivity index (χ1v) is 10.6. The zero-order valence-corrected chi connectivity index (χ0v) is 18.4. The Hall–Kier alpha value is -4.60. The number of carbonyl (C=O) groups excluding carboxylic acids is 1. The third kappa shape index (κ3) is 4.58. The number of urea groups is 1. The molecule has 0 unspecified atom stereocenters. The molecular formula is C25H19F3N6O. The van der Waals surface area contributed by atoms with Crippen molar-refractivity contribution in [1.29, 1.82) is 0 Å². The summed E-state index contributed by atoms with van der Waals surface area (Å²) in [6.45, 7) is 0. The first-order valence-electron chi connectivity index (χ1n) is 10.6. The SMILES string of the molecule is Cn1cc(-c2n[nH]c3cc(-c4ccc(NC(=O)Nc5ccccc5C(F)(F)F)cc4)ccc23)cn1. The fourth-order valence-corrected chi connectivity index (χ4v) is 3.83. The molecule has 5 rings (SSSR count). The maximum Gasteiger partial charge on any atom is 0.418 e. The minimum Gasteiger partial charge on any atom is -0.308 e. The van der Waals surface area contributed by atoms with Crippen LogP contribution in [0.3, 0.4) is 0 Å². The van der Waals surface area contributed by atoms with Crippen molar-refractivity contribution >= 4 is 28.3 Å². The largest absolute Gasteiger partial charge is 0.418 e. The van der Waals surface area contributed by atoms with Crippen molar-refractivity contribution in [1.82, 2.24) is 20.0 Å². The summed E-state index contributed by atoms with van der Waals surface area (Å²) in [6.07, 6.45) is -0.916. The van der Waals surface area contributed by atoms with Gasteiger partial charge in [0.25, 0.3) is 0 Å². The number of aryl methyl sites for hydroxylation is 1. The van der Waals surface area contributed by atoms with E-state index in [2.05, 4.69) is 25.9 Å². The number of anilines is 2. The van der Waals surface area contributed by atoms with Crippen molar-refractivity contribution in [2.75, 3.05) is 10.6 Å². The molecule has 0 fully saturated rings. The van der Waals surface area contributed by atoms with E-state index in [-0.39, 0.29) is 5.69 Å². The predicted octanol–water partition coefficient (Wildman–Crippen LogP) is 6.29. The van der Waals surface area contributed by atoms with Crippen LogP contribution in [-0.2, 0) is 13.2 Å².